The first kappa shape index (κ1) is 10.9. The quantitative estimate of drug-likeness (QED) is 0.766. The van der Waals surface area contributed by atoms with E-state index >= 15 is 0 Å². The van der Waals surface area contributed by atoms with Crippen LogP contribution in [0.3, 0.4) is 0 Å². The standard InChI is InChI=1S/C14H18N2/c1-11(2)14-5-4-13(8-12(14)3)9-16-7-6-15-10-16/h4-8,10-11H,9H2,1-3H3. The van der Waals surface area contributed by atoms with E-state index in [2.05, 4.69) is 48.5 Å². The molecule has 2 nitrogen and oxygen atoms in total. The first-order valence-corrected chi connectivity index (χ1v) is 5.72. The number of nitrogens with zero attached hydrogens (tertiary/aromatic N) is 2. The molecule has 2 heteroatoms. The molecule has 84 valence electrons. The van der Waals surface area contributed by atoms with E-state index < -0.39 is 0 Å². The molecule has 0 atom stereocenters. The van der Waals surface area contributed by atoms with E-state index in [1.807, 2.05) is 18.7 Å². The van der Waals surface area contributed by atoms with Gasteiger partial charge in [-0.3, -0.25) is 0 Å². The van der Waals surface area contributed by atoms with Crippen LogP contribution in [0.2, 0.25) is 0 Å². The van der Waals surface area contributed by atoms with Gasteiger partial charge in [-0.15, -0.1) is 0 Å². The van der Waals surface area contributed by atoms with Gasteiger partial charge in [0.25, 0.3) is 0 Å². The molecule has 2 aromatic rings. The van der Waals surface area contributed by atoms with Crippen molar-refractivity contribution in [2.45, 2.75) is 33.2 Å². The van der Waals surface area contributed by atoms with Gasteiger partial charge in [0.2, 0.25) is 0 Å². The van der Waals surface area contributed by atoms with Crippen LogP contribution in [0.25, 0.3) is 0 Å². The Balaban J connectivity index is 2.21. The summed E-state index contributed by atoms with van der Waals surface area (Å²) in [4.78, 5) is 4.05. The van der Waals surface area contributed by atoms with E-state index in [4.69, 9.17) is 0 Å². The van der Waals surface area contributed by atoms with Crippen molar-refractivity contribution in [3.63, 3.8) is 0 Å². The predicted molar refractivity (Wildman–Crippen MR) is 66.6 cm³/mol. The van der Waals surface area contributed by atoms with E-state index in [1.54, 1.807) is 0 Å². The monoisotopic (exact) mass is 214 g/mol. The fourth-order valence-corrected chi connectivity index (χ4v) is 2.08. The Kier molecular flexibility index (Phi) is 3.09. The summed E-state index contributed by atoms with van der Waals surface area (Å²) in [7, 11) is 0. The summed E-state index contributed by atoms with van der Waals surface area (Å²) >= 11 is 0. The molecule has 0 fully saturated rings. The van der Waals surface area contributed by atoms with Crippen LogP contribution in [0.5, 0.6) is 0 Å². The maximum absolute atomic E-state index is 4.05. The van der Waals surface area contributed by atoms with Crippen LogP contribution in [0.4, 0.5) is 0 Å². The summed E-state index contributed by atoms with van der Waals surface area (Å²) < 4.78 is 2.09. The third kappa shape index (κ3) is 2.32. The molecule has 0 aliphatic carbocycles. The summed E-state index contributed by atoms with van der Waals surface area (Å²) in [5.41, 5.74) is 4.15. The molecule has 0 N–H and O–H groups in total. The van der Waals surface area contributed by atoms with Crippen LogP contribution >= 0.6 is 0 Å². The van der Waals surface area contributed by atoms with Crippen molar-refractivity contribution in [1.29, 1.82) is 0 Å². The van der Waals surface area contributed by atoms with Gasteiger partial charge in [-0.05, 0) is 29.5 Å². The van der Waals surface area contributed by atoms with Gasteiger partial charge in [0.1, 0.15) is 0 Å². The first-order chi connectivity index (χ1) is 7.66. The number of aromatic nitrogens is 2. The lowest BCUT2D eigenvalue weighted by Gasteiger charge is -2.11. The summed E-state index contributed by atoms with van der Waals surface area (Å²) in [6.07, 6.45) is 5.66. The van der Waals surface area contributed by atoms with E-state index in [1.165, 1.54) is 16.7 Å². The van der Waals surface area contributed by atoms with E-state index in [9.17, 15) is 0 Å². The topological polar surface area (TPSA) is 17.8 Å². The minimum Gasteiger partial charge on any atom is -0.333 e. The first-order valence-electron chi connectivity index (χ1n) is 5.72. The third-order valence-electron chi connectivity index (χ3n) is 2.88. The van der Waals surface area contributed by atoms with Gasteiger partial charge in [-0.1, -0.05) is 32.0 Å². The molecule has 0 aliphatic rings. The largest absolute Gasteiger partial charge is 0.333 e. The second kappa shape index (κ2) is 4.52. The minimum atomic E-state index is 0.599. The fraction of sp³-hybridized carbons (Fsp3) is 0.357. The number of rotatable bonds is 3. The van der Waals surface area contributed by atoms with Crippen molar-refractivity contribution in [2.24, 2.45) is 0 Å². The maximum atomic E-state index is 4.05. The number of imidazole rings is 1. The molecule has 2 rings (SSSR count). The minimum absolute atomic E-state index is 0.599. The Morgan fingerprint density at radius 1 is 1.31 bits per heavy atom. The van der Waals surface area contributed by atoms with Crippen molar-refractivity contribution in [1.82, 2.24) is 9.55 Å². The zero-order chi connectivity index (χ0) is 11.5. The highest BCUT2D eigenvalue weighted by Gasteiger charge is 2.04. The Bertz CT molecular complexity index is 456. The van der Waals surface area contributed by atoms with Crippen molar-refractivity contribution in [2.75, 3.05) is 0 Å². The maximum Gasteiger partial charge on any atom is 0.0949 e. The van der Waals surface area contributed by atoms with Crippen molar-refractivity contribution < 1.29 is 0 Å². The SMILES string of the molecule is Cc1cc(Cn2ccnc2)ccc1C(C)C. The van der Waals surface area contributed by atoms with Gasteiger partial charge in [0.05, 0.1) is 6.33 Å². The molecule has 0 aliphatic heterocycles. The molecule has 0 spiro atoms. The van der Waals surface area contributed by atoms with Crippen LogP contribution in [0, 0.1) is 6.92 Å². The van der Waals surface area contributed by atoms with Gasteiger partial charge in [0, 0.05) is 18.9 Å². The van der Waals surface area contributed by atoms with Gasteiger partial charge in [0.15, 0.2) is 0 Å². The smallest absolute Gasteiger partial charge is 0.0949 e. The molecular formula is C14H18N2. The molecule has 16 heavy (non-hydrogen) atoms. The van der Waals surface area contributed by atoms with Crippen LogP contribution in [0.15, 0.2) is 36.9 Å². The van der Waals surface area contributed by atoms with Gasteiger partial charge in [-0.2, -0.15) is 0 Å². The van der Waals surface area contributed by atoms with Crippen LogP contribution < -0.4 is 0 Å². The Labute approximate surface area is 97.0 Å². The molecule has 0 unspecified atom stereocenters. The van der Waals surface area contributed by atoms with Crippen LogP contribution in [0.1, 0.15) is 36.5 Å². The molecule has 0 saturated carbocycles. The number of aryl methyl sites for hydroxylation is 1. The van der Waals surface area contributed by atoms with E-state index in [0.717, 1.165) is 6.54 Å². The molecule has 1 aromatic carbocycles. The van der Waals surface area contributed by atoms with Crippen LogP contribution in [-0.2, 0) is 6.54 Å². The lowest BCUT2D eigenvalue weighted by Crippen LogP contribution is -1.99. The summed E-state index contributed by atoms with van der Waals surface area (Å²) in [6.45, 7) is 7.56. The number of hydrogen-bond acceptors (Lipinski definition) is 1. The third-order valence-corrected chi connectivity index (χ3v) is 2.88. The molecule has 0 amide bonds. The highest BCUT2D eigenvalue weighted by Crippen LogP contribution is 2.20. The number of hydrogen-bond donors (Lipinski definition) is 0. The average Bonchev–Trinajstić information content (AvgIpc) is 2.70. The van der Waals surface area contributed by atoms with Gasteiger partial charge >= 0.3 is 0 Å². The molecular weight excluding hydrogens is 196 g/mol. The zero-order valence-electron chi connectivity index (χ0n) is 10.1. The normalized spacial score (nSPS) is 11.0. The van der Waals surface area contributed by atoms with Gasteiger partial charge < -0.3 is 4.57 Å². The van der Waals surface area contributed by atoms with E-state index in [-0.39, 0.29) is 0 Å². The van der Waals surface area contributed by atoms with Gasteiger partial charge in [-0.25, -0.2) is 4.98 Å². The zero-order valence-corrected chi connectivity index (χ0v) is 10.1. The predicted octanol–water partition coefficient (Wildman–Crippen LogP) is 3.36. The highest BCUT2D eigenvalue weighted by atomic mass is 15.0. The van der Waals surface area contributed by atoms with Crippen molar-refractivity contribution in [3.05, 3.63) is 53.6 Å². The molecule has 0 saturated heterocycles. The van der Waals surface area contributed by atoms with Crippen LogP contribution in [-0.4, -0.2) is 9.55 Å². The van der Waals surface area contributed by atoms with Crippen molar-refractivity contribution >= 4 is 0 Å². The number of benzene rings is 1. The average molecular weight is 214 g/mol. The molecule has 0 bridgehead atoms. The Morgan fingerprint density at radius 2 is 2.12 bits per heavy atom. The summed E-state index contributed by atoms with van der Waals surface area (Å²) in [5.74, 6) is 0.599. The van der Waals surface area contributed by atoms with E-state index in [0.29, 0.717) is 5.92 Å². The Morgan fingerprint density at radius 3 is 2.69 bits per heavy atom. The second-order valence-electron chi connectivity index (χ2n) is 4.58. The second-order valence-corrected chi connectivity index (χ2v) is 4.58. The summed E-state index contributed by atoms with van der Waals surface area (Å²) in [6, 6.07) is 6.73. The Hall–Kier alpha value is -1.57. The molecule has 1 heterocycles. The summed E-state index contributed by atoms with van der Waals surface area (Å²) in [5, 5.41) is 0. The molecule has 0 radical (unpaired) electrons. The lowest BCUT2D eigenvalue weighted by molar-refractivity contribution is 0.791. The van der Waals surface area contributed by atoms with Crippen molar-refractivity contribution in [3.8, 4) is 0 Å². The fourth-order valence-electron chi connectivity index (χ4n) is 2.08. The molecule has 1 aromatic heterocycles. The highest BCUT2D eigenvalue weighted by molar-refractivity contribution is 5.33. The lowest BCUT2D eigenvalue weighted by atomic mass is 9.96.